The summed E-state index contributed by atoms with van der Waals surface area (Å²) in [7, 11) is 0. The molecule has 0 unspecified atom stereocenters. The lowest BCUT2D eigenvalue weighted by Gasteiger charge is -2.15. The fourth-order valence-electron chi connectivity index (χ4n) is 4.14. The highest BCUT2D eigenvalue weighted by Gasteiger charge is 2.22. The van der Waals surface area contributed by atoms with Crippen LogP contribution in [0.4, 0.5) is 0 Å². The SMILES string of the molecule is C1=C(c2nnc(-c3ccccc3)o2)CCC(c2nnc(-c3ccccc3)n2-c2ccccc2)=C1. The Hall–Kier alpha value is -4.58. The predicted octanol–water partition coefficient (Wildman–Crippen LogP) is 6.25. The Kier molecular flexibility index (Phi) is 5.16. The van der Waals surface area contributed by atoms with Crippen molar-refractivity contribution in [2.75, 3.05) is 0 Å². The number of nitrogens with zero attached hydrogens (tertiary/aromatic N) is 5. The van der Waals surface area contributed by atoms with Gasteiger partial charge in [-0.2, -0.15) is 0 Å². The molecular weight excluding hydrogens is 422 g/mol. The van der Waals surface area contributed by atoms with Crippen LogP contribution in [0.15, 0.2) is 108 Å². The molecule has 3 aromatic carbocycles. The Labute approximate surface area is 196 Å². The van der Waals surface area contributed by atoms with Crippen molar-refractivity contribution >= 4 is 11.1 Å². The van der Waals surface area contributed by atoms with E-state index in [1.807, 2.05) is 72.8 Å². The van der Waals surface area contributed by atoms with Crippen LogP contribution >= 0.6 is 0 Å². The van der Waals surface area contributed by atoms with Crippen LogP contribution < -0.4 is 0 Å². The molecule has 34 heavy (non-hydrogen) atoms. The number of hydrogen-bond acceptors (Lipinski definition) is 5. The maximum absolute atomic E-state index is 5.95. The summed E-state index contributed by atoms with van der Waals surface area (Å²) >= 11 is 0. The topological polar surface area (TPSA) is 69.6 Å². The van der Waals surface area contributed by atoms with Crippen molar-refractivity contribution in [3.05, 3.63) is 115 Å². The molecule has 2 heterocycles. The summed E-state index contributed by atoms with van der Waals surface area (Å²) in [6.07, 6.45) is 5.72. The van der Waals surface area contributed by atoms with Crippen molar-refractivity contribution in [1.29, 1.82) is 0 Å². The Balaban J connectivity index is 1.37. The lowest BCUT2D eigenvalue weighted by Crippen LogP contribution is -2.04. The summed E-state index contributed by atoms with van der Waals surface area (Å²) < 4.78 is 8.08. The fourth-order valence-corrected chi connectivity index (χ4v) is 4.14. The first kappa shape index (κ1) is 20.1. The van der Waals surface area contributed by atoms with Gasteiger partial charge in [0, 0.05) is 22.4 Å². The lowest BCUT2D eigenvalue weighted by molar-refractivity contribution is 0.550. The Bertz CT molecular complexity index is 1480. The number of para-hydroxylation sites is 1. The van der Waals surface area contributed by atoms with Gasteiger partial charge in [-0.05, 0) is 42.7 Å². The van der Waals surface area contributed by atoms with E-state index in [4.69, 9.17) is 4.42 Å². The number of benzene rings is 3. The molecule has 6 nitrogen and oxygen atoms in total. The summed E-state index contributed by atoms with van der Waals surface area (Å²) in [5, 5.41) is 17.7. The molecule has 1 aliphatic rings. The molecule has 6 rings (SSSR count). The highest BCUT2D eigenvalue weighted by Crippen LogP contribution is 2.34. The molecule has 0 spiro atoms. The second-order valence-corrected chi connectivity index (χ2v) is 8.05. The minimum atomic E-state index is 0.530. The Morgan fingerprint density at radius 1 is 0.529 bits per heavy atom. The average Bonchev–Trinajstić information content (AvgIpc) is 3.59. The molecule has 0 saturated carbocycles. The quantitative estimate of drug-likeness (QED) is 0.321. The van der Waals surface area contributed by atoms with Crippen molar-refractivity contribution in [2.45, 2.75) is 12.8 Å². The van der Waals surface area contributed by atoms with E-state index in [1.165, 1.54) is 0 Å². The van der Waals surface area contributed by atoms with Gasteiger partial charge in [0.1, 0.15) is 0 Å². The van der Waals surface area contributed by atoms with Gasteiger partial charge in [0.25, 0.3) is 0 Å². The van der Waals surface area contributed by atoms with E-state index in [0.29, 0.717) is 11.8 Å². The molecule has 0 amide bonds. The van der Waals surface area contributed by atoms with E-state index in [-0.39, 0.29) is 0 Å². The fraction of sp³-hybridized carbons (Fsp3) is 0.0714. The predicted molar refractivity (Wildman–Crippen MR) is 132 cm³/mol. The van der Waals surface area contributed by atoms with E-state index in [1.54, 1.807) is 0 Å². The van der Waals surface area contributed by atoms with Crippen molar-refractivity contribution < 1.29 is 4.42 Å². The van der Waals surface area contributed by atoms with Crippen LogP contribution in [0.2, 0.25) is 0 Å². The first-order valence-corrected chi connectivity index (χ1v) is 11.2. The van der Waals surface area contributed by atoms with E-state index >= 15 is 0 Å². The van der Waals surface area contributed by atoms with Gasteiger partial charge in [0.2, 0.25) is 11.8 Å². The standard InChI is InChI=1S/C28H21N5O/c1-4-10-20(11-5-1)25-29-30-26(33(25)24-14-8-3-9-15-24)21-16-18-23(19-17-21)28-32-31-27(34-28)22-12-6-2-7-13-22/h1-16,18H,17,19H2. The van der Waals surface area contributed by atoms with Gasteiger partial charge in [-0.3, -0.25) is 4.57 Å². The third kappa shape index (κ3) is 3.75. The zero-order chi connectivity index (χ0) is 22.7. The highest BCUT2D eigenvalue weighted by molar-refractivity contribution is 5.75. The molecule has 0 atom stereocenters. The van der Waals surface area contributed by atoms with Crippen molar-refractivity contribution in [2.24, 2.45) is 0 Å². The van der Waals surface area contributed by atoms with Gasteiger partial charge in [-0.1, -0.05) is 78.9 Å². The molecule has 1 aliphatic carbocycles. The first-order chi connectivity index (χ1) is 16.9. The lowest BCUT2D eigenvalue weighted by atomic mass is 9.97. The maximum atomic E-state index is 5.95. The summed E-state index contributed by atoms with van der Waals surface area (Å²) in [6, 6.07) is 30.2. The van der Waals surface area contributed by atoms with E-state index in [9.17, 15) is 0 Å². The van der Waals surface area contributed by atoms with Crippen LogP contribution in [-0.2, 0) is 0 Å². The van der Waals surface area contributed by atoms with Crippen LogP contribution in [0.5, 0.6) is 0 Å². The minimum absolute atomic E-state index is 0.530. The van der Waals surface area contributed by atoms with E-state index in [2.05, 4.69) is 55.3 Å². The molecule has 0 saturated heterocycles. The second kappa shape index (κ2) is 8.75. The molecule has 0 radical (unpaired) electrons. The van der Waals surface area contributed by atoms with Crippen LogP contribution in [-0.4, -0.2) is 25.0 Å². The van der Waals surface area contributed by atoms with Gasteiger partial charge >= 0.3 is 0 Å². The number of allylic oxidation sites excluding steroid dienone is 4. The zero-order valence-corrected chi connectivity index (χ0v) is 18.4. The Morgan fingerprint density at radius 2 is 1.09 bits per heavy atom. The molecule has 164 valence electrons. The normalized spacial score (nSPS) is 13.4. The average molecular weight is 444 g/mol. The molecule has 6 heteroatoms. The molecule has 0 aliphatic heterocycles. The van der Waals surface area contributed by atoms with Crippen molar-refractivity contribution in [3.63, 3.8) is 0 Å². The van der Waals surface area contributed by atoms with E-state index < -0.39 is 0 Å². The third-order valence-corrected chi connectivity index (χ3v) is 5.87. The highest BCUT2D eigenvalue weighted by atomic mass is 16.4. The summed E-state index contributed by atoms with van der Waals surface area (Å²) in [6.45, 7) is 0. The zero-order valence-electron chi connectivity index (χ0n) is 18.4. The first-order valence-electron chi connectivity index (χ1n) is 11.2. The summed E-state index contributed by atoms with van der Waals surface area (Å²) in [4.78, 5) is 0. The van der Waals surface area contributed by atoms with Gasteiger partial charge < -0.3 is 4.42 Å². The molecular formula is C28H21N5O. The van der Waals surface area contributed by atoms with Crippen LogP contribution in [0.1, 0.15) is 24.6 Å². The van der Waals surface area contributed by atoms with Crippen LogP contribution in [0, 0.1) is 0 Å². The van der Waals surface area contributed by atoms with E-state index in [0.717, 1.165) is 52.5 Å². The third-order valence-electron chi connectivity index (χ3n) is 5.87. The smallest absolute Gasteiger partial charge is 0.248 e. The van der Waals surface area contributed by atoms with Crippen LogP contribution in [0.3, 0.4) is 0 Å². The second-order valence-electron chi connectivity index (χ2n) is 8.05. The van der Waals surface area contributed by atoms with Crippen molar-refractivity contribution in [3.8, 4) is 28.5 Å². The van der Waals surface area contributed by atoms with Gasteiger partial charge in [0.05, 0.1) is 0 Å². The van der Waals surface area contributed by atoms with Crippen molar-refractivity contribution in [1.82, 2.24) is 25.0 Å². The van der Waals surface area contributed by atoms with Gasteiger partial charge in [-0.15, -0.1) is 20.4 Å². The number of aromatic nitrogens is 5. The Morgan fingerprint density at radius 3 is 1.76 bits per heavy atom. The largest absolute Gasteiger partial charge is 0.416 e. The molecule has 0 bridgehead atoms. The number of rotatable bonds is 5. The maximum Gasteiger partial charge on any atom is 0.248 e. The van der Waals surface area contributed by atoms with Crippen LogP contribution in [0.25, 0.3) is 39.7 Å². The molecule has 0 fully saturated rings. The molecule has 0 N–H and O–H groups in total. The summed E-state index contributed by atoms with van der Waals surface area (Å²) in [5.41, 5.74) is 5.11. The molecule has 2 aromatic heterocycles. The monoisotopic (exact) mass is 443 g/mol. The minimum Gasteiger partial charge on any atom is -0.416 e. The summed E-state index contributed by atoms with van der Waals surface area (Å²) in [5.74, 6) is 2.75. The molecule has 5 aromatic rings. The van der Waals surface area contributed by atoms with Gasteiger partial charge in [-0.25, -0.2) is 0 Å². The van der Waals surface area contributed by atoms with Gasteiger partial charge in [0.15, 0.2) is 11.6 Å². The number of hydrogen-bond donors (Lipinski definition) is 0.